The Labute approximate surface area is 68.9 Å². The summed E-state index contributed by atoms with van der Waals surface area (Å²) in [6.07, 6.45) is 2.77. The maximum atomic E-state index is 5.55. The van der Waals surface area contributed by atoms with Gasteiger partial charge in [0.05, 0.1) is 6.10 Å². The van der Waals surface area contributed by atoms with Crippen LogP contribution < -0.4 is 0 Å². The highest BCUT2D eigenvalue weighted by molar-refractivity contribution is 4.68. The molecule has 0 aromatic heterocycles. The minimum atomic E-state index is 0.446. The fourth-order valence-electron chi connectivity index (χ4n) is 1.39. The summed E-state index contributed by atoms with van der Waals surface area (Å²) in [5.41, 5.74) is 0. The third kappa shape index (κ3) is 3.18. The molecule has 1 saturated heterocycles. The van der Waals surface area contributed by atoms with Gasteiger partial charge in [-0.2, -0.15) is 5.06 Å². The average molecular weight is 158 g/mol. The summed E-state index contributed by atoms with van der Waals surface area (Å²) in [4.78, 5) is 7.89. The second kappa shape index (κ2) is 4.04. The zero-order valence-corrected chi connectivity index (χ0v) is 7.71. The van der Waals surface area contributed by atoms with Crippen molar-refractivity contribution in [3.8, 4) is 0 Å². The molecule has 1 heterocycles. The summed E-state index contributed by atoms with van der Waals surface area (Å²) in [5, 5.41) is 1.80. The molecular formula is C8H18N2O. The van der Waals surface area contributed by atoms with Crippen LogP contribution in [0.4, 0.5) is 0 Å². The number of nitrogens with zero attached hydrogens (tertiary/aromatic N) is 2. The van der Waals surface area contributed by atoms with Gasteiger partial charge in [0, 0.05) is 27.2 Å². The van der Waals surface area contributed by atoms with Crippen LogP contribution in [0.3, 0.4) is 0 Å². The molecule has 3 heteroatoms. The van der Waals surface area contributed by atoms with Crippen LogP contribution in [0.5, 0.6) is 0 Å². The van der Waals surface area contributed by atoms with Crippen LogP contribution in [-0.4, -0.2) is 50.3 Å². The predicted molar refractivity (Wildman–Crippen MR) is 45.3 cm³/mol. The van der Waals surface area contributed by atoms with Gasteiger partial charge in [0.15, 0.2) is 0 Å². The van der Waals surface area contributed by atoms with E-state index in [1.54, 1.807) is 5.06 Å². The zero-order chi connectivity index (χ0) is 8.27. The van der Waals surface area contributed by atoms with Crippen LogP contribution in [0.2, 0.25) is 0 Å². The molecule has 1 aliphatic heterocycles. The first-order valence-electron chi connectivity index (χ1n) is 4.21. The maximum Gasteiger partial charge on any atom is 0.0817 e. The summed E-state index contributed by atoms with van der Waals surface area (Å²) in [7, 11) is 6.04. The third-order valence-corrected chi connectivity index (χ3v) is 2.03. The summed E-state index contributed by atoms with van der Waals surface area (Å²) >= 11 is 0. The SMILES string of the molecule is CN1CCC(ON(C)C)CC1. The van der Waals surface area contributed by atoms with Gasteiger partial charge in [0.1, 0.15) is 0 Å². The van der Waals surface area contributed by atoms with E-state index in [9.17, 15) is 0 Å². The number of rotatable bonds is 2. The largest absolute Gasteiger partial charge is 0.306 e. The van der Waals surface area contributed by atoms with Crippen molar-refractivity contribution in [3.05, 3.63) is 0 Å². The third-order valence-electron chi connectivity index (χ3n) is 2.03. The van der Waals surface area contributed by atoms with Crippen molar-refractivity contribution in [2.75, 3.05) is 34.2 Å². The molecule has 0 aromatic rings. The van der Waals surface area contributed by atoms with Crippen molar-refractivity contribution < 1.29 is 4.84 Å². The Balaban J connectivity index is 2.17. The lowest BCUT2D eigenvalue weighted by atomic mass is 10.1. The van der Waals surface area contributed by atoms with Gasteiger partial charge < -0.3 is 4.90 Å². The summed E-state index contributed by atoms with van der Waals surface area (Å²) in [6.45, 7) is 2.33. The van der Waals surface area contributed by atoms with E-state index in [4.69, 9.17) is 4.84 Å². The molecule has 0 atom stereocenters. The number of likely N-dealkylation sites (tertiary alicyclic amines) is 1. The highest BCUT2D eigenvalue weighted by Crippen LogP contribution is 2.12. The van der Waals surface area contributed by atoms with Crippen LogP contribution in [-0.2, 0) is 4.84 Å². The maximum absolute atomic E-state index is 5.55. The Kier molecular flexibility index (Phi) is 3.30. The summed E-state index contributed by atoms with van der Waals surface area (Å²) < 4.78 is 0. The normalized spacial score (nSPS) is 22.9. The van der Waals surface area contributed by atoms with Crippen molar-refractivity contribution in [2.45, 2.75) is 18.9 Å². The van der Waals surface area contributed by atoms with Gasteiger partial charge in [-0.1, -0.05) is 0 Å². The number of piperidine rings is 1. The average Bonchev–Trinajstić information content (AvgIpc) is 1.93. The number of hydrogen-bond donors (Lipinski definition) is 0. The second-order valence-electron chi connectivity index (χ2n) is 3.42. The molecule has 0 amide bonds. The van der Waals surface area contributed by atoms with Gasteiger partial charge >= 0.3 is 0 Å². The lowest BCUT2D eigenvalue weighted by molar-refractivity contribution is -0.175. The molecular weight excluding hydrogens is 140 g/mol. The molecule has 0 radical (unpaired) electrons. The van der Waals surface area contributed by atoms with E-state index in [-0.39, 0.29) is 0 Å². The van der Waals surface area contributed by atoms with Crippen molar-refractivity contribution >= 4 is 0 Å². The molecule has 1 aliphatic rings. The molecule has 3 nitrogen and oxygen atoms in total. The Hall–Kier alpha value is -0.120. The van der Waals surface area contributed by atoms with E-state index in [1.165, 1.54) is 13.1 Å². The lowest BCUT2D eigenvalue weighted by Crippen LogP contribution is -2.36. The molecule has 66 valence electrons. The number of hydrogen-bond acceptors (Lipinski definition) is 3. The van der Waals surface area contributed by atoms with Crippen molar-refractivity contribution in [1.82, 2.24) is 9.96 Å². The minimum Gasteiger partial charge on any atom is -0.306 e. The first-order chi connectivity index (χ1) is 5.18. The molecule has 1 rings (SSSR count). The van der Waals surface area contributed by atoms with Crippen LogP contribution >= 0.6 is 0 Å². The minimum absolute atomic E-state index is 0.446. The van der Waals surface area contributed by atoms with Crippen molar-refractivity contribution in [1.29, 1.82) is 0 Å². The van der Waals surface area contributed by atoms with Gasteiger partial charge in [0.25, 0.3) is 0 Å². The zero-order valence-electron chi connectivity index (χ0n) is 7.71. The summed E-state index contributed by atoms with van der Waals surface area (Å²) in [5.74, 6) is 0. The molecule has 0 aliphatic carbocycles. The van der Waals surface area contributed by atoms with Gasteiger partial charge in [-0.3, -0.25) is 4.84 Å². The Morgan fingerprint density at radius 2 is 1.82 bits per heavy atom. The molecule has 0 N–H and O–H groups in total. The highest BCUT2D eigenvalue weighted by atomic mass is 16.7. The van der Waals surface area contributed by atoms with E-state index in [2.05, 4.69) is 11.9 Å². The Morgan fingerprint density at radius 3 is 2.27 bits per heavy atom. The van der Waals surface area contributed by atoms with Crippen molar-refractivity contribution in [2.24, 2.45) is 0 Å². The fourth-order valence-corrected chi connectivity index (χ4v) is 1.39. The van der Waals surface area contributed by atoms with E-state index < -0.39 is 0 Å². The van der Waals surface area contributed by atoms with Gasteiger partial charge in [-0.15, -0.1) is 0 Å². The standard InChI is InChI=1S/C8H18N2O/c1-9(2)11-8-4-6-10(3)7-5-8/h8H,4-7H2,1-3H3. The smallest absolute Gasteiger partial charge is 0.0817 e. The quantitative estimate of drug-likeness (QED) is 0.547. The Bertz CT molecular complexity index is 109. The van der Waals surface area contributed by atoms with E-state index in [0.29, 0.717) is 6.10 Å². The number of hydroxylamine groups is 2. The van der Waals surface area contributed by atoms with Gasteiger partial charge in [-0.05, 0) is 19.9 Å². The van der Waals surface area contributed by atoms with Crippen LogP contribution in [0.25, 0.3) is 0 Å². The molecule has 0 spiro atoms. The molecule has 0 aromatic carbocycles. The van der Waals surface area contributed by atoms with Crippen molar-refractivity contribution in [3.63, 3.8) is 0 Å². The molecule has 0 bridgehead atoms. The Morgan fingerprint density at radius 1 is 1.27 bits per heavy atom. The molecule has 11 heavy (non-hydrogen) atoms. The highest BCUT2D eigenvalue weighted by Gasteiger charge is 2.17. The lowest BCUT2D eigenvalue weighted by Gasteiger charge is -2.30. The molecule has 0 saturated carbocycles. The monoisotopic (exact) mass is 158 g/mol. The van der Waals surface area contributed by atoms with Gasteiger partial charge in [0.2, 0.25) is 0 Å². The van der Waals surface area contributed by atoms with Crippen LogP contribution in [0.1, 0.15) is 12.8 Å². The molecule has 1 fully saturated rings. The second-order valence-corrected chi connectivity index (χ2v) is 3.42. The van der Waals surface area contributed by atoms with E-state index >= 15 is 0 Å². The summed E-state index contributed by atoms with van der Waals surface area (Å²) in [6, 6.07) is 0. The van der Waals surface area contributed by atoms with E-state index in [0.717, 1.165) is 12.8 Å². The topological polar surface area (TPSA) is 15.7 Å². The fraction of sp³-hybridized carbons (Fsp3) is 1.00. The van der Waals surface area contributed by atoms with Crippen LogP contribution in [0.15, 0.2) is 0 Å². The first-order valence-corrected chi connectivity index (χ1v) is 4.21. The first kappa shape index (κ1) is 8.97. The predicted octanol–water partition coefficient (Wildman–Crippen LogP) is 0.574. The molecule has 0 unspecified atom stereocenters. The van der Waals surface area contributed by atoms with E-state index in [1.807, 2.05) is 14.1 Å². The van der Waals surface area contributed by atoms with Gasteiger partial charge in [-0.25, -0.2) is 0 Å². The van der Waals surface area contributed by atoms with Crippen LogP contribution in [0, 0.1) is 0 Å².